The lowest BCUT2D eigenvalue weighted by Gasteiger charge is -1.88. The van der Waals surface area contributed by atoms with Gasteiger partial charge in [0.05, 0.1) is 0 Å². The molecule has 1 heterocycles. The maximum absolute atomic E-state index is 11.1. The minimum absolute atomic E-state index is 0.108. The van der Waals surface area contributed by atoms with Gasteiger partial charge in [-0.1, -0.05) is 29.8 Å². The molecule has 0 aromatic carbocycles. The van der Waals surface area contributed by atoms with E-state index in [1.807, 2.05) is 0 Å². The van der Waals surface area contributed by atoms with E-state index in [1.165, 1.54) is 0 Å². The third-order valence-electron chi connectivity index (χ3n) is 1.09. The van der Waals surface area contributed by atoms with Gasteiger partial charge < -0.3 is 0 Å². The summed E-state index contributed by atoms with van der Waals surface area (Å²) < 4.78 is 0.953. The lowest BCUT2D eigenvalue weighted by Crippen LogP contribution is -2.18. The van der Waals surface area contributed by atoms with Crippen LogP contribution in [0.4, 0.5) is 0 Å². The normalized spacial score (nSPS) is 9.83. The molecule has 0 N–H and O–H groups in total. The van der Waals surface area contributed by atoms with Crippen molar-refractivity contribution in [3.8, 4) is 0 Å². The zero-order chi connectivity index (χ0) is 9.30. The molecule has 0 atom stereocenters. The SMILES string of the molecule is C=CC(=O)n1sc(Cl)c(Cl)c1=O. The molecular formula is C6H3Cl2NO2S. The van der Waals surface area contributed by atoms with E-state index in [2.05, 4.69) is 6.58 Å². The van der Waals surface area contributed by atoms with Crippen LogP contribution in [0.2, 0.25) is 9.36 Å². The van der Waals surface area contributed by atoms with Gasteiger partial charge in [0.2, 0.25) is 0 Å². The Morgan fingerprint density at radius 2 is 2.17 bits per heavy atom. The van der Waals surface area contributed by atoms with Crippen LogP contribution in [0, 0.1) is 0 Å². The molecule has 1 aromatic rings. The molecule has 3 nitrogen and oxygen atoms in total. The molecule has 0 radical (unpaired) electrons. The highest BCUT2D eigenvalue weighted by molar-refractivity contribution is 7.12. The summed E-state index contributed by atoms with van der Waals surface area (Å²) in [6.07, 6.45) is 1.02. The van der Waals surface area contributed by atoms with Crippen molar-refractivity contribution in [1.82, 2.24) is 3.96 Å². The second kappa shape index (κ2) is 3.43. The van der Waals surface area contributed by atoms with Crippen LogP contribution in [0.5, 0.6) is 0 Å². The van der Waals surface area contributed by atoms with Crippen LogP contribution < -0.4 is 5.56 Å². The Bertz CT molecular complexity index is 393. The maximum Gasteiger partial charge on any atom is 0.288 e. The summed E-state index contributed by atoms with van der Waals surface area (Å²) in [6, 6.07) is 0. The Morgan fingerprint density at radius 3 is 2.50 bits per heavy atom. The van der Waals surface area contributed by atoms with Gasteiger partial charge >= 0.3 is 0 Å². The van der Waals surface area contributed by atoms with Gasteiger partial charge in [-0.15, -0.1) is 0 Å². The molecule has 0 unspecified atom stereocenters. The fourth-order valence-corrected chi connectivity index (χ4v) is 1.76. The Balaban J connectivity index is 3.37. The van der Waals surface area contributed by atoms with Gasteiger partial charge in [-0.3, -0.25) is 9.59 Å². The van der Waals surface area contributed by atoms with Crippen LogP contribution in [-0.2, 0) is 0 Å². The monoisotopic (exact) mass is 223 g/mol. The minimum atomic E-state index is -0.600. The molecule has 0 aliphatic heterocycles. The molecule has 1 rings (SSSR count). The number of halogens is 2. The highest BCUT2D eigenvalue weighted by atomic mass is 35.5. The van der Waals surface area contributed by atoms with Crippen LogP contribution in [0.15, 0.2) is 17.4 Å². The Kier molecular flexibility index (Phi) is 2.72. The number of carbonyl (C=O) groups excluding carboxylic acids is 1. The summed E-state index contributed by atoms with van der Waals surface area (Å²) >= 11 is 11.8. The van der Waals surface area contributed by atoms with Crippen LogP contribution in [0.3, 0.4) is 0 Å². The van der Waals surface area contributed by atoms with Gasteiger partial charge in [-0.25, -0.2) is 0 Å². The fraction of sp³-hybridized carbons (Fsp3) is 0. The highest BCUT2D eigenvalue weighted by Gasteiger charge is 2.13. The summed E-state index contributed by atoms with van der Waals surface area (Å²) in [4.78, 5) is 22.0. The number of rotatable bonds is 1. The van der Waals surface area contributed by atoms with Crippen molar-refractivity contribution in [3.05, 3.63) is 32.4 Å². The number of hydrogen-bond donors (Lipinski definition) is 0. The molecule has 0 spiro atoms. The second-order valence-electron chi connectivity index (χ2n) is 1.82. The van der Waals surface area contributed by atoms with E-state index < -0.39 is 11.5 Å². The lowest BCUT2D eigenvalue weighted by molar-refractivity contribution is 0.0978. The fourth-order valence-electron chi connectivity index (χ4n) is 0.563. The van der Waals surface area contributed by atoms with Crippen molar-refractivity contribution in [2.24, 2.45) is 0 Å². The Hall–Kier alpha value is -0.580. The van der Waals surface area contributed by atoms with Crippen molar-refractivity contribution in [2.75, 3.05) is 0 Å². The van der Waals surface area contributed by atoms with Crippen LogP contribution in [0.25, 0.3) is 0 Å². The Morgan fingerprint density at radius 1 is 1.58 bits per heavy atom. The quantitative estimate of drug-likeness (QED) is 0.684. The standard InChI is InChI=1S/C6H3Cl2NO2S/c1-2-3(10)9-6(11)4(7)5(8)12-9/h2H,1H2. The van der Waals surface area contributed by atoms with Gasteiger partial charge in [0.1, 0.15) is 9.36 Å². The molecule has 64 valence electrons. The smallest absolute Gasteiger partial charge is 0.268 e. The molecule has 12 heavy (non-hydrogen) atoms. The first-order valence-electron chi connectivity index (χ1n) is 2.82. The van der Waals surface area contributed by atoms with Gasteiger partial charge in [0.15, 0.2) is 0 Å². The summed E-state index contributed by atoms with van der Waals surface area (Å²) in [5.41, 5.74) is -0.600. The third kappa shape index (κ3) is 1.46. The van der Waals surface area contributed by atoms with E-state index in [4.69, 9.17) is 23.2 Å². The largest absolute Gasteiger partial charge is 0.288 e. The van der Waals surface area contributed by atoms with E-state index >= 15 is 0 Å². The molecule has 0 saturated carbocycles. The average molecular weight is 224 g/mol. The van der Waals surface area contributed by atoms with Gasteiger partial charge in [0, 0.05) is 0 Å². The molecular weight excluding hydrogens is 221 g/mol. The molecule has 6 heteroatoms. The van der Waals surface area contributed by atoms with Crippen molar-refractivity contribution >= 4 is 40.6 Å². The Labute approximate surface area is 82.0 Å². The predicted molar refractivity (Wildman–Crippen MR) is 49.4 cm³/mol. The van der Waals surface area contributed by atoms with Crippen LogP contribution >= 0.6 is 34.7 Å². The summed E-state index contributed by atoms with van der Waals surface area (Å²) in [5, 5.41) is -0.128. The number of hydrogen-bond acceptors (Lipinski definition) is 3. The number of carbonyl (C=O) groups is 1. The number of nitrogens with zero attached hydrogens (tertiary/aromatic N) is 1. The van der Waals surface area contributed by atoms with Crippen molar-refractivity contribution < 1.29 is 4.79 Å². The second-order valence-corrected chi connectivity index (χ2v) is 3.76. The average Bonchev–Trinajstić information content (AvgIpc) is 2.32. The zero-order valence-electron chi connectivity index (χ0n) is 5.71. The number of aromatic nitrogens is 1. The van der Waals surface area contributed by atoms with Crippen molar-refractivity contribution in [3.63, 3.8) is 0 Å². The molecule has 0 aliphatic carbocycles. The molecule has 0 saturated heterocycles. The molecule has 0 aliphatic rings. The lowest BCUT2D eigenvalue weighted by atomic mass is 10.6. The summed E-state index contributed by atoms with van der Waals surface area (Å²) in [5.74, 6) is -0.529. The van der Waals surface area contributed by atoms with Crippen molar-refractivity contribution in [1.29, 1.82) is 0 Å². The zero-order valence-corrected chi connectivity index (χ0v) is 8.04. The van der Waals surface area contributed by atoms with Crippen LogP contribution in [0.1, 0.15) is 4.79 Å². The molecule has 1 aromatic heterocycles. The van der Waals surface area contributed by atoms with E-state index in [9.17, 15) is 9.59 Å². The van der Waals surface area contributed by atoms with Crippen molar-refractivity contribution in [2.45, 2.75) is 0 Å². The number of allylic oxidation sites excluding steroid dienone is 1. The van der Waals surface area contributed by atoms with Crippen LogP contribution in [-0.4, -0.2) is 9.86 Å². The summed E-state index contributed by atoms with van der Waals surface area (Å²) in [6.45, 7) is 3.23. The topological polar surface area (TPSA) is 39.1 Å². The predicted octanol–water partition coefficient (Wildman–Crippen LogP) is 2.04. The maximum atomic E-state index is 11.1. The first kappa shape index (κ1) is 9.51. The third-order valence-corrected chi connectivity index (χ3v) is 2.94. The minimum Gasteiger partial charge on any atom is -0.268 e. The summed E-state index contributed by atoms with van der Waals surface area (Å²) in [7, 11) is 0. The van der Waals surface area contributed by atoms with Gasteiger partial charge in [0.25, 0.3) is 11.5 Å². The molecule has 0 fully saturated rings. The van der Waals surface area contributed by atoms with E-state index in [0.717, 1.165) is 21.6 Å². The first-order valence-corrected chi connectivity index (χ1v) is 4.35. The van der Waals surface area contributed by atoms with Gasteiger partial charge in [-0.2, -0.15) is 3.96 Å². The van der Waals surface area contributed by atoms with E-state index in [-0.39, 0.29) is 9.36 Å². The highest BCUT2D eigenvalue weighted by Crippen LogP contribution is 2.22. The molecule has 0 bridgehead atoms. The van der Waals surface area contributed by atoms with Gasteiger partial charge in [-0.05, 0) is 17.6 Å². The van der Waals surface area contributed by atoms with E-state index in [0.29, 0.717) is 0 Å². The van der Waals surface area contributed by atoms with E-state index in [1.54, 1.807) is 0 Å². The first-order chi connectivity index (χ1) is 5.57. The molecule has 0 amide bonds.